The Labute approximate surface area is 828 Å². The molecule has 10 heterocycles. The second kappa shape index (κ2) is 37.5. The molecular formula is C116H80F2N18O6S3. The molecule has 26 aromatic rings. The quantitative estimate of drug-likeness (QED) is 0.0616. The number of para-hydroxylation sites is 16. The maximum Gasteiger partial charge on any atom is 0.206 e. The van der Waals surface area contributed by atoms with Crippen LogP contribution < -0.4 is 0 Å². The zero-order valence-corrected chi connectivity index (χ0v) is 79.6. The molecule has 10 aromatic heterocycles. The monoisotopic (exact) mass is 1950 g/mol. The number of pyridine rings is 2. The Morgan fingerprint density at radius 1 is 0.221 bits per heavy atom. The van der Waals surface area contributed by atoms with Gasteiger partial charge in [0.25, 0.3) is 0 Å². The van der Waals surface area contributed by atoms with Gasteiger partial charge in [0.05, 0.1) is 118 Å². The maximum atomic E-state index is 14.5. The molecule has 24 nitrogen and oxygen atoms in total. The van der Waals surface area contributed by atoms with Crippen molar-refractivity contribution in [3.63, 3.8) is 0 Å². The molecule has 0 radical (unpaired) electrons. The number of aryl methyl sites for hydroxylation is 2. The van der Waals surface area contributed by atoms with Crippen LogP contribution in [-0.4, -0.2) is 113 Å². The molecule has 0 saturated carbocycles. The van der Waals surface area contributed by atoms with Gasteiger partial charge in [-0.05, 0) is 274 Å². The van der Waals surface area contributed by atoms with Gasteiger partial charge in [-0.3, -0.25) is 13.7 Å². The SMILES string of the molecule is Cc1ccc(S(=O)(=O)c2ccc(-n3c(-c4cccc(-c5nc6ccccc6n5-c5ccc(S(=O)(=O)c6ccc(-n7c(-c8cccc(-c9nc%10ccccc%10n9C)n8)nc8ccccc87)cc6)cc5)c4)nc4ccccc43)cc2)cc1.O=S(=O)(c1ccc(F)cc1)c1ccc(F)cc1.c1cc(-c2nc3ccccc3[nH]2)cc(-c2nc3ccccc3[nH]2)c1.c1cc(-c2nc3ccccc3[nH]2)nc(-c2nc3ccccc3[nH]2)c1. The molecule has 0 unspecified atom stereocenters. The fourth-order valence-corrected chi connectivity index (χ4v) is 21.6. The fourth-order valence-electron chi connectivity index (χ4n) is 17.8. The Hall–Kier alpha value is -18.7. The number of nitrogens with zero attached hydrogens (tertiary/aromatic N) is 14. The van der Waals surface area contributed by atoms with Gasteiger partial charge in [0.1, 0.15) is 57.7 Å². The number of halogens is 2. The van der Waals surface area contributed by atoms with E-state index in [-0.39, 0.29) is 29.4 Å². The van der Waals surface area contributed by atoms with Crippen molar-refractivity contribution in [2.45, 2.75) is 36.3 Å². The molecule has 0 atom stereocenters. The number of aromatic nitrogens is 18. The number of fused-ring (bicyclic) bond motifs is 8. The Morgan fingerprint density at radius 2 is 0.476 bits per heavy atom. The smallest absolute Gasteiger partial charge is 0.206 e. The van der Waals surface area contributed by atoms with Crippen LogP contribution in [0.1, 0.15) is 5.56 Å². The van der Waals surface area contributed by atoms with Crippen molar-refractivity contribution < 1.29 is 34.0 Å². The average molecular weight is 1960 g/mol. The number of sulfone groups is 3. The summed E-state index contributed by atoms with van der Waals surface area (Å²) in [5, 5.41) is 0. The lowest BCUT2D eigenvalue weighted by atomic mass is 10.1. The summed E-state index contributed by atoms with van der Waals surface area (Å²) in [5.41, 5.74) is 24.4. The molecule has 145 heavy (non-hydrogen) atoms. The van der Waals surface area contributed by atoms with Crippen LogP contribution in [0.25, 0.3) is 197 Å². The van der Waals surface area contributed by atoms with E-state index in [0.29, 0.717) is 28.9 Å². The van der Waals surface area contributed by atoms with Crippen molar-refractivity contribution >= 4 is 118 Å². The van der Waals surface area contributed by atoms with E-state index in [1.54, 1.807) is 72.8 Å². The zero-order chi connectivity index (χ0) is 98.6. The number of imidazole rings is 8. The number of benzene rings is 16. The zero-order valence-electron chi connectivity index (χ0n) is 77.1. The van der Waals surface area contributed by atoms with Crippen LogP contribution in [-0.2, 0) is 36.6 Å². The number of hydrogen-bond acceptors (Lipinski definition) is 16. The largest absolute Gasteiger partial charge is 0.338 e. The first-order valence-electron chi connectivity index (χ1n) is 46.2. The van der Waals surface area contributed by atoms with Crippen LogP contribution >= 0.6 is 0 Å². The van der Waals surface area contributed by atoms with Crippen molar-refractivity contribution in [3.05, 3.63) is 442 Å². The minimum absolute atomic E-state index is 0.0227. The molecule has 4 N–H and O–H groups in total. The first kappa shape index (κ1) is 90.2. The van der Waals surface area contributed by atoms with Gasteiger partial charge < -0.3 is 24.5 Å². The van der Waals surface area contributed by atoms with E-state index >= 15 is 0 Å². The normalized spacial score (nSPS) is 11.8. The summed E-state index contributed by atoms with van der Waals surface area (Å²) < 4.78 is 114. The molecule has 0 saturated heterocycles. The Kier molecular flexibility index (Phi) is 23.3. The second-order valence-electron chi connectivity index (χ2n) is 34.4. The molecule has 702 valence electrons. The van der Waals surface area contributed by atoms with Crippen LogP contribution in [0.3, 0.4) is 0 Å². The highest BCUT2D eigenvalue weighted by molar-refractivity contribution is 7.92. The lowest BCUT2D eigenvalue weighted by molar-refractivity contribution is 0.592. The third-order valence-electron chi connectivity index (χ3n) is 25.1. The van der Waals surface area contributed by atoms with E-state index in [1.165, 1.54) is 24.3 Å². The van der Waals surface area contributed by atoms with E-state index in [1.807, 2.05) is 317 Å². The average Bonchev–Trinajstić information content (AvgIpc) is 1.55. The molecule has 0 aliphatic heterocycles. The first-order chi connectivity index (χ1) is 70.7. The van der Waals surface area contributed by atoms with Crippen molar-refractivity contribution in [2.24, 2.45) is 7.05 Å². The molecule has 0 fully saturated rings. The standard InChI is InChI=1S/C65H45N9O4S2.C20H14N4.C19H13N5.C12H8F2O2S/c1-42-25-33-48(34-26-42)79(75,76)49-35-27-45(28-36-49)72-59-22-8-4-16-53(59)67-62(72)43-13-11-14-44(41-43)63-68-54-17-5-9-23-60(54)73(63)46-29-37-50(38-30-46)80(77,78)51-39-31-47(32-40-51)74-61-24-10-6-18-55(61)70-65(74)57-20-12-19-56(66-57)64-69-52-15-3-7-21-58(52)71(64)2;1-2-9-16-15(8-1)21-19(22-16)13-6-5-7-14(12-13)20-23-17-10-3-4-11-18(17)24-20;1-2-7-13-12(6-1)21-18(22-13)16-10-5-11-17(20-16)19-23-14-8-3-4-9-15(14)24-19;13-9-1-5-11(6-2-9)17(15,16)12-7-3-10(14)4-8-12/h3-41H,1-2H3;1-12H,(H,21,22)(H,23,24);1-11H,(H,21,22)(H,23,24);1-8H. The molecule has 16 aromatic carbocycles. The minimum atomic E-state index is -3.98. The summed E-state index contributed by atoms with van der Waals surface area (Å²) in [7, 11) is -9.45. The van der Waals surface area contributed by atoms with Crippen LogP contribution in [0.2, 0.25) is 0 Å². The van der Waals surface area contributed by atoms with Gasteiger partial charge in [-0.15, -0.1) is 0 Å². The molecular weight excluding hydrogens is 1880 g/mol. The molecule has 0 amide bonds. The van der Waals surface area contributed by atoms with Crippen molar-refractivity contribution in [1.29, 1.82) is 0 Å². The van der Waals surface area contributed by atoms with Gasteiger partial charge in [0.15, 0.2) is 23.3 Å². The third kappa shape index (κ3) is 17.6. The Morgan fingerprint density at radius 3 is 0.841 bits per heavy atom. The summed E-state index contributed by atoms with van der Waals surface area (Å²) in [4.78, 5) is 62.6. The van der Waals surface area contributed by atoms with E-state index < -0.39 is 41.1 Å². The van der Waals surface area contributed by atoms with Crippen LogP contribution in [0.5, 0.6) is 0 Å². The molecule has 0 spiro atoms. The van der Waals surface area contributed by atoms with Crippen molar-refractivity contribution in [2.75, 3.05) is 0 Å². The summed E-state index contributed by atoms with van der Waals surface area (Å²) in [5.74, 6) is 4.87. The van der Waals surface area contributed by atoms with E-state index in [9.17, 15) is 34.0 Å². The van der Waals surface area contributed by atoms with Gasteiger partial charge in [0.2, 0.25) is 29.5 Å². The third-order valence-corrected chi connectivity index (χ3v) is 30.4. The predicted molar refractivity (Wildman–Crippen MR) is 562 cm³/mol. The Bertz CT molecular complexity index is 9280. The highest BCUT2D eigenvalue weighted by Gasteiger charge is 2.27. The van der Waals surface area contributed by atoms with Gasteiger partial charge in [-0.2, -0.15) is 0 Å². The number of rotatable bonds is 17. The number of hydrogen-bond donors (Lipinski definition) is 4. The summed E-state index contributed by atoms with van der Waals surface area (Å²) >= 11 is 0. The summed E-state index contributed by atoms with van der Waals surface area (Å²) in [6.07, 6.45) is 0. The predicted octanol–water partition coefficient (Wildman–Crippen LogP) is 25.4. The van der Waals surface area contributed by atoms with Crippen molar-refractivity contribution in [3.8, 4) is 109 Å². The molecule has 0 bridgehead atoms. The topological polar surface area (TPSA) is 314 Å². The lowest BCUT2D eigenvalue weighted by Gasteiger charge is -2.14. The van der Waals surface area contributed by atoms with Gasteiger partial charge in [-0.1, -0.05) is 163 Å². The van der Waals surface area contributed by atoms with Crippen LogP contribution in [0.15, 0.2) is 454 Å². The molecule has 0 aliphatic carbocycles. The van der Waals surface area contributed by atoms with E-state index in [0.717, 1.165) is 198 Å². The number of aromatic amines is 4. The summed E-state index contributed by atoms with van der Waals surface area (Å²) in [6, 6.07) is 128. The van der Waals surface area contributed by atoms with E-state index in [2.05, 4.69) is 58.1 Å². The van der Waals surface area contributed by atoms with Gasteiger partial charge in [-0.25, -0.2) is 83.9 Å². The van der Waals surface area contributed by atoms with Crippen LogP contribution in [0, 0.1) is 18.6 Å². The van der Waals surface area contributed by atoms with Crippen LogP contribution in [0.4, 0.5) is 8.78 Å². The number of H-pyrrole nitrogens is 4. The summed E-state index contributed by atoms with van der Waals surface area (Å²) in [6.45, 7) is 1.92. The number of nitrogens with one attached hydrogen (secondary N) is 4. The minimum Gasteiger partial charge on any atom is -0.338 e. The fraction of sp³-hybridized carbons (Fsp3) is 0.0172. The Balaban J connectivity index is 0.000000142. The van der Waals surface area contributed by atoms with Gasteiger partial charge >= 0.3 is 0 Å². The second-order valence-corrected chi connectivity index (χ2v) is 40.2. The molecule has 29 heteroatoms. The molecule has 26 rings (SSSR count). The maximum absolute atomic E-state index is 14.5. The highest BCUT2D eigenvalue weighted by atomic mass is 32.2. The lowest BCUT2D eigenvalue weighted by Crippen LogP contribution is -2.05. The van der Waals surface area contributed by atoms with E-state index in [4.69, 9.17) is 29.9 Å². The van der Waals surface area contributed by atoms with Gasteiger partial charge in [0, 0.05) is 46.4 Å². The highest BCUT2D eigenvalue weighted by Crippen LogP contribution is 2.39. The first-order valence-corrected chi connectivity index (χ1v) is 50.6. The van der Waals surface area contributed by atoms with Crippen molar-refractivity contribution in [1.82, 2.24) is 88.0 Å². The molecule has 0 aliphatic rings.